The molecule has 3 heteroatoms. The number of nitrogens with one attached hydrogen (secondary N) is 1. The average Bonchev–Trinajstić information content (AvgIpc) is 2.71. The summed E-state index contributed by atoms with van der Waals surface area (Å²) in [6.45, 7) is 4.36. The molecule has 1 atom stereocenters. The fourth-order valence-electron chi connectivity index (χ4n) is 3.61. The highest BCUT2D eigenvalue weighted by Gasteiger charge is 2.16. The number of hydrogen-bond donors (Lipinski definition) is 1. The molecule has 3 aromatic carbocycles. The van der Waals surface area contributed by atoms with Crippen LogP contribution in [0.3, 0.4) is 0 Å². The third kappa shape index (κ3) is 5.13. The topological polar surface area (TPSA) is 38.3 Å². The van der Waals surface area contributed by atoms with E-state index >= 15 is 0 Å². The number of carbonyl (C=O) groups is 1. The molecule has 3 aromatic rings. The van der Waals surface area contributed by atoms with Gasteiger partial charge in [-0.15, -0.1) is 0 Å². The molecule has 0 bridgehead atoms. The van der Waals surface area contributed by atoms with Crippen molar-refractivity contribution in [2.45, 2.75) is 39.2 Å². The molecule has 0 aromatic heterocycles. The summed E-state index contributed by atoms with van der Waals surface area (Å²) in [6, 6.07) is 22.6. The summed E-state index contributed by atoms with van der Waals surface area (Å²) in [5, 5.41) is 5.69. The van der Waals surface area contributed by atoms with Crippen LogP contribution in [0.5, 0.6) is 5.75 Å². The van der Waals surface area contributed by atoms with E-state index in [9.17, 15) is 4.79 Å². The van der Waals surface area contributed by atoms with Crippen LogP contribution < -0.4 is 10.1 Å². The lowest BCUT2D eigenvalue weighted by Gasteiger charge is -2.21. The smallest absolute Gasteiger partial charge is 0.220 e. The molecular weight excluding hydrogens is 346 g/mol. The molecule has 146 valence electrons. The van der Waals surface area contributed by atoms with Crippen LogP contribution in [0.4, 0.5) is 0 Å². The van der Waals surface area contributed by atoms with Gasteiger partial charge < -0.3 is 10.1 Å². The Morgan fingerprint density at radius 3 is 2.39 bits per heavy atom. The van der Waals surface area contributed by atoms with Gasteiger partial charge in [0.1, 0.15) is 5.75 Å². The lowest BCUT2D eigenvalue weighted by molar-refractivity contribution is -0.121. The number of methoxy groups -OCH3 is 1. The van der Waals surface area contributed by atoms with E-state index in [0.717, 1.165) is 24.2 Å². The molecule has 0 spiro atoms. The van der Waals surface area contributed by atoms with Gasteiger partial charge in [-0.25, -0.2) is 0 Å². The van der Waals surface area contributed by atoms with Crippen LogP contribution in [0.1, 0.15) is 43.9 Å². The standard InChI is InChI=1S/C25H29NO2/c1-18(2)17-24(21-11-14-22(28-3)15-12-21)26-25(27)16-13-20-9-6-8-19-7-4-5-10-23(19)20/h4-12,14-15,18,24H,13,16-17H2,1-3H3,(H,26,27)/t24-/m0/s1. The van der Waals surface area contributed by atoms with Crippen molar-refractivity contribution in [1.82, 2.24) is 5.32 Å². The van der Waals surface area contributed by atoms with Gasteiger partial charge in [-0.3, -0.25) is 4.79 Å². The van der Waals surface area contributed by atoms with Crippen molar-refractivity contribution in [3.63, 3.8) is 0 Å². The lowest BCUT2D eigenvalue weighted by Crippen LogP contribution is -2.29. The Balaban J connectivity index is 1.67. The molecule has 3 rings (SSSR count). The highest BCUT2D eigenvalue weighted by molar-refractivity contribution is 5.86. The molecule has 0 fully saturated rings. The number of benzene rings is 3. The first-order chi connectivity index (χ1) is 13.6. The molecule has 0 saturated carbocycles. The number of amides is 1. The quantitative estimate of drug-likeness (QED) is 0.550. The highest BCUT2D eigenvalue weighted by atomic mass is 16.5. The summed E-state index contributed by atoms with van der Waals surface area (Å²) in [6.07, 6.45) is 2.13. The molecule has 0 aliphatic carbocycles. The number of fused-ring (bicyclic) bond motifs is 1. The second-order valence-electron chi connectivity index (χ2n) is 7.66. The molecule has 0 radical (unpaired) electrons. The Hall–Kier alpha value is -2.81. The summed E-state index contributed by atoms with van der Waals surface area (Å²) < 4.78 is 5.25. The van der Waals surface area contributed by atoms with Crippen LogP contribution in [0.15, 0.2) is 66.7 Å². The van der Waals surface area contributed by atoms with E-state index in [1.165, 1.54) is 16.3 Å². The van der Waals surface area contributed by atoms with Crippen LogP contribution >= 0.6 is 0 Å². The van der Waals surface area contributed by atoms with Crippen LogP contribution in [0.25, 0.3) is 10.8 Å². The zero-order valence-corrected chi connectivity index (χ0v) is 16.9. The first-order valence-electron chi connectivity index (χ1n) is 9.96. The van der Waals surface area contributed by atoms with Gasteiger partial charge in [-0.2, -0.15) is 0 Å². The predicted molar refractivity (Wildman–Crippen MR) is 116 cm³/mol. The van der Waals surface area contributed by atoms with Crippen LogP contribution in [-0.4, -0.2) is 13.0 Å². The minimum absolute atomic E-state index is 0.0194. The molecule has 0 aliphatic rings. The third-order valence-corrected chi connectivity index (χ3v) is 5.06. The second-order valence-corrected chi connectivity index (χ2v) is 7.66. The maximum Gasteiger partial charge on any atom is 0.220 e. The number of ether oxygens (including phenoxy) is 1. The number of aryl methyl sites for hydroxylation is 1. The van der Waals surface area contributed by atoms with Crippen LogP contribution in [-0.2, 0) is 11.2 Å². The third-order valence-electron chi connectivity index (χ3n) is 5.06. The molecule has 3 nitrogen and oxygen atoms in total. The van der Waals surface area contributed by atoms with E-state index in [4.69, 9.17) is 4.74 Å². The minimum Gasteiger partial charge on any atom is -0.497 e. The van der Waals surface area contributed by atoms with Crippen molar-refractivity contribution in [3.05, 3.63) is 77.9 Å². The van der Waals surface area contributed by atoms with Gasteiger partial charge in [0.2, 0.25) is 5.91 Å². The van der Waals surface area contributed by atoms with Gasteiger partial charge >= 0.3 is 0 Å². The Morgan fingerprint density at radius 1 is 0.964 bits per heavy atom. The molecule has 0 heterocycles. The molecule has 1 N–H and O–H groups in total. The van der Waals surface area contributed by atoms with E-state index in [-0.39, 0.29) is 11.9 Å². The summed E-state index contributed by atoms with van der Waals surface area (Å²) in [4.78, 5) is 12.7. The predicted octanol–water partition coefficient (Wildman–Crippen LogP) is 5.68. The molecule has 0 saturated heterocycles. The summed E-state index contributed by atoms with van der Waals surface area (Å²) in [5.41, 5.74) is 2.34. The fraction of sp³-hybridized carbons (Fsp3) is 0.320. The second kappa shape index (κ2) is 9.41. The minimum atomic E-state index is 0.0194. The van der Waals surface area contributed by atoms with Crippen molar-refractivity contribution >= 4 is 16.7 Å². The summed E-state index contributed by atoms with van der Waals surface area (Å²) in [5.74, 6) is 1.41. The fourth-order valence-corrected chi connectivity index (χ4v) is 3.61. The monoisotopic (exact) mass is 375 g/mol. The lowest BCUT2D eigenvalue weighted by atomic mass is 9.96. The van der Waals surface area contributed by atoms with E-state index in [2.05, 4.69) is 49.5 Å². The van der Waals surface area contributed by atoms with Gasteiger partial charge in [-0.05, 0) is 52.8 Å². The van der Waals surface area contributed by atoms with Gasteiger partial charge in [0.15, 0.2) is 0 Å². The van der Waals surface area contributed by atoms with Crippen LogP contribution in [0.2, 0.25) is 0 Å². The molecule has 0 unspecified atom stereocenters. The van der Waals surface area contributed by atoms with Crippen molar-refractivity contribution in [3.8, 4) is 5.75 Å². The van der Waals surface area contributed by atoms with E-state index in [0.29, 0.717) is 12.3 Å². The Labute approximate surface area is 167 Å². The van der Waals surface area contributed by atoms with Gasteiger partial charge in [0, 0.05) is 6.42 Å². The van der Waals surface area contributed by atoms with Gasteiger partial charge in [0.05, 0.1) is 13.2 Å². The summed E-state index contributed by atoms with van der Waals surface area (Å²) in [7, 11) is 1.66. The SMILES string of the molecule is COc1ccc([C@H](CC(C)C)NC(=O)CCc2cccc3ccccc23)cc1. The van der Waals surface area contributed by atoms with Crippen molar-refractivity contribution in [1.29, 1.82) is 0 Å². The Kier molecular flexibility index (Phi) is 6.70. The molecule has 1 amide bonds. The van der Waals surface area contributed by atoms with Crippen LogP contribution in [0, 0.1) is 5.92 Å². The Morgan fingerprint density at radius 2 is 1.68 bits per heavy atom. The van der Waals surface area contributed by atoms with Crippen molar-refractivity contribution in [2.24, 2.45) is 5.92 Å². The molecular formula is C25H29NO2. The number of hydrogen-bond acceptors (Lipinski definition) is 2. The normalized spacial score (nSPS) is 12.1. The van der Waals surface area contributed by atoms with E-state index < -0.39 is 0 Å². The number of carbonyl (C=O) groups excluding carboxylic acids is 1. The zero-order valence-electron chi connectivity index (χ0n) is 16.9. The largest absolute Gasteiger partial charge is 0.497 e. The van der Waals surface area contributed by atoms with E-state index in [1.807, 2.05) is 36.4 Å². The maximum absolute atomic E-state index is 12.7. The maximum atomic E-state index is 12.7. The first kappa shape index (κ1) is 19.9. The van der Waals surface area contributed by atoms with Crippen molar-refractivity contribution in [2.75, 3.05) is 7.11 Å². The number of rotatable bonds is 8. The molecule has 0 aliphatic heterocycles. The van der Waals surface area contributed by atoms with E-state index in [1.54, 1.807) is 7.11 Å². The first-order valence-corrected chi connectivity index (χ1v) is 9.96. The Bertz CT molecular complexity index is 910. The highest BCUT2D eigenvalue weighted by Crippen LogP contribution is 2.24. The van der Waals surface area contributed by atoms with Gasteiger partial charge in [-0.1, -0.05) is 68.4 Å². The average molecular weight is 376 g/mol. The zero-order chi connectivity index (χ0) is 19.9. The van der Waals surface area contributed by atoms with Gasteiger partial charge in [0.25, 0.3) is 0 Å². The van der Waals surface area contributed by atoms with Crippen molar-refractivity contribution < 1.29 is 9.53 Å². The molecule has 28 heavy (non-hydrogen) atoms. The summed E-state index contributed by atoms with van der Waals surface area (Å²) >= 11 is 0.